The topological polar surface area (TPSA) is 82.3 Å². The molecule has 3 rings (SSSR count). The number of nitrogens with zero attached hydrogens (tertiary/aromatic N) is 4. The van der Waals surface area contributed by atoms with Crippen LogP contribution in [0, 0.1) is 5.41 Å². The highest BCUT2D eigenvalue weighted by atomic mass is 16.3. The lowest BCUT2D eigenvalue weighted by molar-refractivity contribution is 0.142. The van der Waals surface area contributed by atoms with Crippen molar-refractivity contribution < 1.29 is 4.42 Å². The lowest BCUT2D eigenvalue weighted by Crippen LogP contribution is -2.49. The van der Waals surface area contributed by atoms with Gasteiger partial charge in [0.25, 0.3) is 0 Å². The number of aromatic nitrogens is 3. The van der Waals surface area contributed by atoms with Crippen molar-refractivity contribution in [3.8, 4) is 11.6 Å². The van der Waals surface area contributed by atoms with Crippen molar-refractivity contribution in [1.29, 1.82) is 0 Å². The quantitative estimate of drug-likeness (QED) is 0.643. The Morgan fingerprint density at radius 2 is 2.40 bits per heavy atom. The maximum absolute atomic E-state index is 5.32. The number of rotatable bonds is 5. The Kier molecular flexibility index (Phi) is 5.40. The molecule has 7 heteroatoms. The molecule has 0 bridgehead atoms. The fraction of sp³-hybridized carbons (Fsp3) is 0.611. The zero-order valence-corrected chi connectivity index (χ0v) is 15.4. The molecular weight excluding hydrogens is 316 g/mol. The molecule has 0 saturated carbocycles. The van der Waals surface area contributed by atoms with Crippen LogP contribution >= 0.6 is 0 Å². The zero-order chi connectivity index (χ0) is 17.7. The minimum absolute atomic E-state index is 0.378. The number of nitrogens with one attached hydrogen (secondary N) is 2. The first-order valence-corrected chi connectivity index (χ1v) is 9.04. The van der Waals surface area contributed by atoms with E-state index in [1.807, 2.05) is 19.2 Å². The van der Waals surface area contributed by atoms with Crippen LogP contribution in [0.3, 0.4) is 0 Å². The van der Waals surface area contributed by atoms with E-state index in [1.54, 1.807) is 6.26 Å². The molecule has 1 aliphatic rings. The van der Waals surface area contributed by atoms with E-state index in [4.69, 9.17) is 4.42 Å². The van der Waals surface area contributed by atoms with E-state index in [1.165, 1.54) is 25.7 Å². The summed E-state index contributed by atoms with van der Waals surface area (Å²) in [5.41, 5.74) is 0.378. The third-order valence-electron chi connectivity index (χ3n) is 4.83. The summed E-state index contributed by atoms with van der Waals surface area (Å²) < 4.78 is 5.32. The van der Waals surface area contributed by atoms with Gasteiger partial charge in [-0.1, -0.05) is 20.3 Å². The molecule has 3 heterocycles. The Morgan fingerprint density at radius 3 is 3.12 bits per heavy atom. The molecule has 1 aliphatic heterocycles. The summed E-state index contributed by atoms with van der Waals surface area (Å²) in [6, 6.07) is 3.68. The number of piperidine rings is 1. The maximum Gasteiger partial charge on any atom is 0.216 e. The average molecular weight is 344 g/mol. The van der Waals surface area contributed by atoms with Crippen molar-refractivity contribution in [2.75, 3.05) is 20.1 Å². The minimum atomic E-state index is 0.378. The number of aliphatic imine (C=N–C) groups is 1. The van der Waals surface area contributed by atoms with Gasteiger partial charge >= 0.3 is 0 Å². The zero-order valence-electron chi connectivity index (χ0n) is 15.4. The largest absolute Gasteiger partial charge is 0.461 e. The number of hydrogen-bond acceptors (Lipinski definition) is 4. The molecule has 25 heavy (non-hydrogen) atoms. The van der Waals surface area contributed by atoms with Crippen molar-refractivity contribution in [2.45, 2.75) is 46.1 Å². The summed E-state index contributed by atoms with van der Waals surface area (Å²) in [6.07, 6.45) is 6.61. The van der Waals surface area contributed by atoms with Gasteiger partial charge in [0.1, 0.15) is 5.82 Å². The van der Waals surface area contributed by atoms with Gasteiger partial charge < -0.3 is 14.6 Å². The van der Waals surface area contributed by atoms with Crippen LogP contribution in [0.5, 0.6) is 0 Å². The average Bonchev–Trinajstić information content (AvgIpc) is 3.27. The lowest BCUT2D eigenvalue weighted by Gasteiger charge is -2.42. The second-order valence-corrected chi connectivity index (χ2v) is 7.07. The van der Waals surface area contributed by atoms with Crippen molar-refractivity contribution in [3.05, 3.63) is 24.2 Å². The number of H-pyrrole nitrogens is 1. The Hall–Kier alpha value is -2.31. The Bertz CT molecular complexity index is 688. The molecule has 1 atom stereocenters. The van der Waals surface area contributed by atoms with E-state index in [-0.39, 0.29) is 0 Å². The molecule has 2 N–H and O–H groups in total. The van der Waals surface area contributed by atoms with Gasteiger partial charge in [0.2, 0.25) is 5.82 Å². The standard InChI is InChI=1S/C18H28N6O/c1-4-8-18(2)9-6-10-24(13-18)17(19-3)20-12-15-21-16(23-22-15)14-7-5-11-25-14/h5,7,11H,4,6,8-10,12-13H2,1-3H3,(H,19,20)(H,21,22,23). The molecule has 136 valence electrons. The van der Waals surface area contributed by atoms with Crippen LogP contribution < -0.4 is 5.32 Å². The summed E-state index contributed by atoms with van der Waals surface area (Å²) in [7, 11) is 1.84. The van der Waals surface area contributed by atoms with Gasteiger partial charge in [-0.2, -0.15) is 0 Å². The van der Waals surface area contributed by atoms with Gasteiger partial charge in [0, 0.05) is 20.1 Å². The molecule has 2 aromatic heterocycles. The molecule has 0 spiro atoms. The molecule has 1 saturated heterocycles. The monoisotopic (exact) mass is 344 g/mol. The van der Waals surface area contributed by atoms with E-state index >= 15 is 0 Å². The third-order valence-corrected chi connectivity index (χ3v) is 4.83. The summed E-state index contributed by atoms with van der Waals surface area (Å²) in [6.45, 7) is 7.31. The predicted octanol–water partition coefficient (Wildman–Crippen LogP) is 3.04. The van der Waals surface area contributed by atoms with Gasteiger partial charge in [-0.3, -0.25) is 10.1 Å². The maximum atomic E-state index is 5.32. The molecule has 2 aromatic rings. The molecular formula is C18H28N6O. The number of likely N-dealkylation sites (tertiary alicyclic amines) is 1. The Morgan fingerprint density at radius 1 is 1.52 bits per heavy atom. The van der Waals surface area contributed by atoms with Gasteiger partial charge in [-0.15, -0.1) is 5.10 Å². The summed E-state index contributed by atoms with van der Waals surface area (Å²) in [5, 5.41) is 10.6. The van der Waals surface area contributed by atoms with Gasteiger partial charge in [-0.05, 0) is 36.8 Å². The third kappa shape index (κ3) is 4.21. The van der Waals surface area contributed by atoms with Gasteiger partial charge in [0.15, 0.2) is 11.7 Å². The van der Waals surface area contributed by atoms with Crippen LogP contribution in [0.4, 0.5) is 0 Å². The fourth-order valence-corrected chi connectivity index (χ4v) is 3.69. The van der Waals surface area contributed by atoms with Crippen LogP contribution in [0.25, 0.3) is 11.6 Å². The highest BCUT2D eigenvalue weighted by molar-refractivity contribution is 5.80. The molecule has 0 amide bonds. The highest BCUT2D eigenvalue weighted by Gasteiger charge is 2.31. The molecule has 0 aromatic carbocycles. The van der Waals surface area contributed by atoms with Crippen LogP contribution in [0.15, 0.2) is 27.8 Å². The van der Waals surface area contributed by atoms with Crippen LogP contribution in [0.2, 0.25) is 0 Å². The lowest BCUT2D eigenvalue weighted by atomic mass is 9.78. The SMILES string of the molecule is CCCC1(C)CCCN(C(=NC)NCc2nc(-c3ccco3)n[nH]2)C1. The number of aromatic amines is 1. The predicted molar refractivity (Wildman–Crippen MR) is 98.1 cm³/mol. The van der Waals surface area contributed by atoms with Crippen LogP contribution in [0.1, 0.15) is 45.4 Å². The van der Waals surface area contributed by atoms with Gasteiger partial charge in [-0.25, -0.2) is 4.98 Å². The normalized spacial score (nSPS) is 21.6. The Labute approximate surface area is 148 Å². The fourth-order valence-electron chi connectivity index (χ4n) is 3.69. The second-order valence-electron chi connectivity index (χ2n) is 7.07. The second kappa shape index (κ2) is 7.72. The first-order chi connectivity index (χ1) is 12.1. The summed E-state index contributed by atoms with van der Waals surface area (Å²) >= 11 is 0. The number of hydrogen-bond donors (Lipinski definition) is 2. The van der Waals surface area contributed by atoms with Crippen molar-refractivity contribution in [3.63, 3.8) is 0 Å². The summed E-state index contributed by atoms with van der Waals surface area (Å²) in [4.78, 5) is 11.3. The minimum Gasteiger partial charge on any atom is -0.461 e. The van der Waals surface area contributed by atoms with E-state index in [0.29, 0.717) is 23.5 Å². The molecule has 1 fully saturated rings. The van der Waals surface area contributed by atoms with E-state index in [9.17, 15) is 0 Å². The molecule has 0 aliphatic carbocycles. The van der Waals surface area contributed by atoms with E-state index < -0.39 is 0 Å². The number of guanidine groups is 1. The van der Waals surface area contributed by atoms with Crippen molar-refractivity contribution in [1.82, 2.24) is 25.4 Å². The van der Waals surface area contributed by atoms with E-state index in [2.05, 4.69) is 44.2 Å². The van der Waals surface area contributed by atoms with Crippen LogP contribution in [-0.2, 0) is 6.54 Å². The molecule has 7 nitrogen and oxygen atoms in total. The molecule has 0 radical (unpaired) electrons. The first kappa shape index (κ1) is 17.5. The first-order valence-electron chi connectivity index (χ1n) is 9.04. The summed E-state index contributed by atoms with van der Waals surface area (Å²) in [5.74, 6) is 2.93. The molecule has 1 unspecified atom stereocenters. The van der Waals surface area contributed by atoms with Crippen molar-refractivity contribution >= 4 is 5.96 Å². The van der Waals surface area contributed by atoms with Gasteiger partial charge in [0.05, 0.1) is 12.8 Å². The Balaban J connectivity index is 1.59. The highest BCUT2D eigenvalue weighted by Crippen LogP contribution is 2.33. The van der Waals surface area contributed by atoms with Crippen LogP contribution in [-0.4, -0.2) is 46.2 Å². The van der Waals surface area contributed by atoms with E-state index in [0.717, 1.165) is 24.9 Å². The smallest absolute Gasteiger partial charge is 0.216 e. The number of furan rings is 1. The van der Waals surface area contributed by atoms with Crippen molar-refractivity contribution in [2.24, 2.45) is 10.4 Å².